The number of rotatable bonds is 2. The highest BCUT2D eigenvalue weighted by Crippen LogP contribution is 2.41. The summed E-state index contributed by atoms with van der Waals surface area (Å²) < 4.78 is 5.59. The van der Waals surface area contributed by atoms with Crippen molar-refractivity contribution in [3.05, 3.63) is 29.3 Å². The molecule has 14 heavy (non-hydrogen) atoms. The highest BCUT2D eigenvalue weighted by Gasteiger charge is 2.41. The van der Waals surface area contributed by atoms with E-state index in [2.05, 4.69) is 18.2 Å². The van der Waals surface area contributed by atoms with Crippen LogP contribution in [-0.4, -0.2) is 17.3 Å². The first-order valence-corrected chi connectivity index (χ1v) is 5.23. The highest BCUT2D eigenvalue weighted by atomic mass is 16.5. The van der Waals surface area contributed by atoms with Crippen LogP contribution in [0.2, 0.25) is 0 Å². The summed E-state index contributed by atoms with van der Waals surface area (Å²) in [4.78, 5) is 0. The van der Waals surface area contributed by atoms with E-state index in [4.69, 9.17) is 4.74 Å². The molecule has 2 aliphatic rings. The summed E-state index contributed by atoms with van der Waals surface area (Å²) in [5.74, 6) is 1.04. The van der Waals surface area contributed by atoms with E-state index in [9.17, 15) is 5.11 Å². The van der Waals surface area contributed by atoms with Gasteiger partial charge in [0.15, 0.2) is 0 Å². The van der Waals surface area contributed by atoms with Gasteiger partial charge in [-0.15, -0.1) is 0 Å². The maximum atomic E-state index is 9.86. The van der Waals surface area contributed by atoms with Crippen LogP contribution in [0, 0.1) is 0 Å². The standard InChI is InChI=1S/C12H14O2/c13-12(5-6-12)8-10-3-1-2-9-4-7-14-11(9)10/h1-3,13H,4-8H2. The van der Waals surface area contributed by atoms with Gasteiger partial charge < -0.3 is 9.84 Å². The Morgan fingerprint density at radius 2 is 2.21 bits per heavy atom. The summed E-state index contributed by atoms with van der Waals surface area (Å²) in [6.45, 7) is 0.796. The molecule has 2 nitrogen and oxygen atoms in total. The molecular formula is C12H14O2. The van der Waals surface area contributed by atoms with E-state index in [1.165, 1.54) is 11.1 Å². The second kappa shape index (κ2) is 2.74. The molecule has 1 aliphatic heterocycles. The summed E-state index contributed by atoms with van der Waals surface area (Å²) in [6.07, 6.45) is 3.66. The lowest BCUT2D eigenvalue weighted by Crippen LogP contribution is -2.11. The quantitative estimate of drug-likeness (QED) is 0.769. The van der Waals surface area contributed by atoms with Crippen LogP contribution in [0.15, 0.2) is 18.2 Å². The first kappa shape index (κ1) is 8.30. The second-order valence-corrected chi connectivity index (χ2v) is 4.40. The Morgan fingerprint density at radius 3 is 3.00 bits per heavy atom. The van der Waals surface area contributed by atoms with Crippen LogP contribution < -0.4 is 4.74 Å². The van der Waals surface area contributed by atoms with Crippen molar-refractivity contribution in [2.24, 2.45) is 0 Å². The number of hydrogen-bond donors (Lipinski definition) is 1. The number of fused-ring (bicyclic) bond motifs is 1. The number of aliphatic hydroxyl groups is 1. The fourth-order valence-corrected chi connectivity index (χ4v) is 2.10. The number of ether oxygens (including phenoxy) is 1. The predicted molar refractivity (Wildman–Crippen MR) is 53.5 cm³/mol. The van der Waals surface area contributed by atoms with Gasteiger partial charge in [-0.05, 0) is 24.0 Å². The van der Waals surface area contributed by atoms with E-state index in [1.54, 1.807) is 0 Å². The monoisotopic (exact) mass is 190 g/mol. The smallest absolute Gasteiger partial charge is 0.125 e. The van der Waals surface area contributed by atoms with Crippen molar-refractivity contribution in [3.8, 4) is 5.75 Å². The Balaban J connectivity index is 1.94. The molecule has 0 saturated heterocycles. The lowest BCUT2D eigenvalue weighted by molar-refractivity contribution is 0.150. The van der Waals surface area contributed by atoms with E-state index in [0.29, 0.717) is 0 Å². The largest absolute Gasteiger partial charge is 0.493 e. The molecule has 1 fully saturated rings. The normalized spacial score (nSPS) is 21.5. The van der Waals surface area contributed by atoms with Crippen LogP contribution in [0.3, 0.4) is 0 Å². The third kappa shape index (κ3) is 1.30. The summed E-state index contributed by atoms with van der Waals surface area (Å²) in [5, 5.41) is 9.86. The van der Waals surface area contributed by atoms with Crippen LogP contribution >= 0.6 is 0 Å². The Kier molecular flexibility index (Phi) is 1.62. The molecule has 1 heterocycles. The fraction of sp³-hybridized carbons (Fsp3) is 0.500. The minimum atomic E-state index is -0.416. The van der Waals surface area contributed by atoms with E-state index >= 15 is 0 Å². The van der Waals surface area contributed by atoms with Crippen LogP contribution in [-0.2, 0) is 12.8 Å². The van der Waals surface area contributed by atoms with Gasteiger partial charge in [0.1, 0.15) is 5.75 Å². The highest BCUT2D eigenvalue weighted by molar-refractivity contribution is 5.45. The third-order valence-corrected chi connectivity index (χ3v) is 3.14. The lowest BCUT2D eigenvalue weighted by Gasteiger charge is -2.11. The van der Waals surface area contributed by atoms with Crippen molar-refractivity contribution in [1.29, 1.82) is 0 Å². The molecule has 0 radical (unpaired) electrons. The molecule has 1 aromatic rings. The zero-order valence-electron chi connectivity index (χ0n) is 8.12. The maximum Gasteiger partial charge on any atom is 0.125 e. The van der Waals surface area contributed by atoms with Crippen LogP contribution in [0.5, 0.6) is 5.75 Å². The van der Waals surface area contributed by atoms with Crippen molar-refractivity contribution >= 4 is 0 Å². The number of benzene rings is 1. The van der Waals surface area contributed by atoms with Crippen molar-refractivity contribution < 1.29 is 9.84 Å². The van der Waals surface area contributed by atoms with Crippen molar-refractivity contribution in [1.82, 2.24) is 0 Å². The molecule has 74 valence electrons. The summed E-state index contributed by atoms with van der Waals surface area (Å²) in [5.41, 5.74) is 2.06. The molecule has 0 bridgehead atoms. The van der Waals surface area contributed by atoms with Crippen molar-refractivity contribution in [3.63, 3.8) is 0 Å². The van der Waals surface area contributed by atoms with E-state index in [-0.39, 0.29) is 0 Å². The number of para-hydroxylation sites is 1. The Hall–Kier alpha value is -1.02. The lowest BCUT2D eigenvalue weighted by atomic mass is 10.0. The summed E-state index contributed by atoms with van der Waals surface area (Å²) in [7, 11) is 0. The Bertz CT molecular complexity index is 367. The van der Waals surface area contributed by atoms with Gasteiger partial charge in [0.2, 0.25) is 0 Å². The van der Waals surface area contributed by atoms with Gasteiger partial charge in [0.05, 0.1) is 12.2 Å². The minimum absolute atomic E-state index is 0.416. The van der Waals surface area contributed by atoms with Crippen LogP contribution in [0.1, 0.15) is 24.0 Å². The van der Waals surface area contributed by atoms with Gasteiger partial charge in [0.25, 0.3) is 0 Å². The van der Waals surface area contributed by atoms with Crippen molar-refractivity contribution in [2.45, 2.75) is 31.3 Å². The summed E-state index contributed by atoms with van der Waals surface area (Å²) in [6, 6.07) is 6.25. The van der Waals surface area contributed by atoms with E-state index in [1.807, 2.05) is 0 Å². The molecule has 0 unspecified atom stereocenters. The Morgan fingerprint density at radius 1 is 1.36 bits per heavy atom. The third-order valence-electron chi connectivity index (χ3n) is 3.14. The molecule has 1 aliphatic carbocycles. The molecule has 2 heteroatoms. The van der Waals surface area contributed by atoms with Crippen molar-refractivity contribution in [2.75, 3.05) is 6.61 Å². The molecule has 1 N–H and O–H groups in total. The van der Waals surface area contributed by atoms with Gasteiger partial charge >= 0.3 is 0 Å². The second-order valence-electron chi connectivity index (χ2n) is 4.40. The predicted octanol–water partition coefficient (Wildman–Crippen LogP) is 1.69. The minimum Gasteiger partial charge on any atom is -0.493 e. The first-order valence-electron chi connectivity index (χ1n) is 5.23. The average Bonchev–Trinajstić information content (AvgIpc) is 2.73. The zero-order chi connectivity index (χ0) is 9.60. The average molecular weight is 190 g/mol. The Labute approximate surface area is 83.5 Å². The van der Waals surface area contributed by atoms with E-state index in [0.717, 1.165) is 38.0 Å². The van der Waals surface area contributed by atoms with Crippen LogP contribution in [0.4, 0.5) is 0 Å². The fourth-order valence-electron chi connectivity index (χ4n) is 2.10. The SMILES string of the molecule is OC1(Cc2cccc3c2OCC3)CC1. The molecule has 1 aromatic carbocycles. The first-order chi connectivity index (χ1) is 6.77. The van der Waals surface area contributed by atoms with Crippen LogP contribution in [0.25, 0.3) is 0 Å². The molecule has 0 amide bonds. The summed E-state index contributed by atoms with van der Waals surface area (Å²) >= 11 is 0. The zero-order valence-corrected chi connectivity index (χ0v) is 8.12. The topological polar surface area (TPSA) is 29.5 Å². The molecular weight excluding hydrogens is 176 g/mol. The molecule has 1 saturated carbocycles. The maximum absolute atomic E-state index is 9.86. The van der Waals surface area contributed by atoms with E-state index < -0.39 is 5.60 Å². The van der Waals surface area contributed by atoms with Gasteiger partial charge in [0, 0.05) is 12.8 Å². The molecule has 0 aromatic heterocycles. The molecule has 0 atom stereocenters. The van der Waals surface area contributed by atoms with Gasteiger partial charge in [-0.1, -0.05) is 18.2 Å². The number of hydrogen-bond acceptors (Lipinski definition) is 2. The van der Waals surface area contributed by atoms with Gasteiger partial charge in [-0.2, -0.15) is 0 Å². The van der Waals surface area contributed by atoms with Gasteiger partial charge in [-0.3, -0.25) is 0 Å². The van der Waals surface area contributed by atoms with Gasteiger partial charge in [-0.25, -0.2) is 0 Å². The molecule has 3 rings (SSSR count). The molecule has 0 spiro atoms.